The molecule has 2 aliphatic rings. The molecule has 0 unspecified atom stereocenters. The van der Waals surface area contributed by atoms with E-state index in [9.17, 15) is 0 Å². The Morgan fingerprint density at radius 1 is 1.21 bits per heavy atom. The van der Waals surface area contributed by atoms with Crippen LogP contribution >= 0.6 is 0 Å². The standard InChI is InChI=1S/C22H24N6/c1-13-6-4-7-16-10-18(28(15(3)19(13)16)17-8-5-9-17)11-27-22-20(14(2)26-27)21(23)24-12-25-22/h4,6-7,10,12,17H,3,5,8-9,11H2,1-2H3,(H2,23,24,25). The normalized spacial score (nSPS) is 16.9. The van der Waals surface area contributed by atoms with Crippen molar-refractivity contribution in [1.82, 2.24) is 24.6 Å². The van der Waals surface area contributed by atoms with Gasteiger partial charge < -0.3 is 10.6 Å². The minimum atomic E-state index is 0.479. The molecule has 1 aliphatic heterocycles. The van der Waals surface area contributed by atoms with Gasteiger partial charge in [0.1, 0.15) is 12.1 Å². The first kappa shape index (κ1) is 17.0. The second-order valence-electron chi connectivity index (χ2n) is 7.78. The van der Waals surface area contributed by atoms with Crippen LogP contribution in [0.5, 0.6) is 0 Å². The van der Waals surface area contributed by atoms with Crippen molar-refractivity contribution in [3.8, 4) is 0 Å². The van der Waals surface area contributed by atoms with E-state index in [0.717, 1.165) is 22.4 Å². The highest BCUT2D eigenvalue weighted by Crippen LogP contribution is 2.41. The van der Waals surface area contributed by atoms with E-state index in [1.165, 1.54) is 48.0 Å². The third-order valence-electron chi connectivity index (χ3n) is 6.00. The lowest BCUT2D eigenvalue weighted by molar-refractivity contribution is 0.227. The molecule has 0 spiro atoms. The monoisotopic (exact) mass is 372 g/mol. The predicted molar refractivity (Wildman–Crippen MR) is 112 cm³/mol. The molecule has 0 bridgehead atoms. The van der Waals surface area contributed by atoms with Crippen molar-refractivity contribution >= 4 is 28.6 Å². The zero-order valence-electron chi connectivity index (χ0n) is 16.3. The third-order valence-corrected chi connectivity index (χ3v) is 6.00. The number of allylic oxidation sites excluding steroid dienone is 1. The molecule has 1 aliphatic carbocycles. The van der Waals surface area contributed by atoms with Crippen LogP contribution in [0.2, 0.25) is 0 Å². The Kier molecular flexibility index (Phi) is 3.75. The van der Waals surface area contributed by atoms with Crippen LogP contribution in [-0.4, -0.2) is 30.7 Å². The molecular weight excluding hydrogens is 348 g/mol. The van der Waals surface area contributed by atoms with E-state index in [-0.39, 0.29) is 0 Å². The SMILES string of the molecule is C=C1c2c(C)cccc2C=C(Cn2nc(C)c3c(N)ncnc32)N1C1CCC1. The van der Waals surface area contributed by atoms with Gasteiger partial charge in [0, 0.05) is 23.0 Å². The molecular formula is C22H24N6. The summed E-state index contributed by atoms with van der Waals surface area (Å²) in [7, 11) is 0. The van der Waals surface area contributed by atoms with Gasteiger partial charge in [-0.3, -0.25) is 0 Å². The Bertz CT molecular complexity index is 1140. The van der Waals surface area contributed by atoms with Crippen molar-refractivity contribution in [3.05, 3.63) is 59.2 Å². The zero-order valence-corrected chi connectivity index (χ0v) is 16.3. The van der Waals surface area contributed by atoms with Crippen molar-refractivity contribution in [2.45, 2.75) is 45.7 Å². The molecule has 142 valence electrons. The maximum absolute atomic E-state index is 6.07. The fourth-order valence-corrected chi connectivity index (χ4v) is 4.44. The van der Waals surface area contributed by atoms with Crippen LogP contribution in [0.25, 0.3) is 22.8 Å². The summed E-state index contributed by atoms with van der Waals surface area (Å²) >= 11 is 0. The lowest BCUT2D eigenvalue weighted by Crippen LogP contribution is -2.40. The highest BCUT2D eigenvalue weighted by Gasteiger charge is 2.33. The van der Waals surface area contributed by atoms with Crippen LogP contribution in [0.3, 0.4) is 0 Å². The summed E-state index contributed by atoms with van der Waals surface area (Å²) in [5.74, 6) is 0.479. The number of nitrogens with zero attached hydrogens (tertiary/aromatic N) is 5. The first-order valence-electron chi connectivity index (χ1n) is 9.77. The highest BCUT2D eigenvalue weighted by molar-refractivity contribution is 5.88. The number of benzene rings is 1. The number of rotatable bonds is 3. The van der Waals surface area contributed by atoms with Gasteiger partial charge >= 0.3 is 0 Å². The summed E-state index contributed by atoms with van der Waals surface area (Å²) in [6.45, 7) is 9.22. The van der Waals surface area contributed by atoms with Gasteiger partial charge in [-0.25, -0.2) is 14.6 Å². The van der Waals surface area contributed by atoms with E-state index in [4.69, 9.17) is 10.8 Å². The van der Waals surface area contributed by atoms with Gasteiger partial charge in [-0.1, -0.05) is 24.8 Å². The van der Waals surface area contributed by atoms with Crippen molar-refractivity contribution < 1.29 is 0 Å². The zero-order chi connectivity index (χ0) is 19.4. The molecule has 0 amide bonds. The Morgan fingerprint density at radius 2 is 2.04 bits per heavy atom. The van der Waals surface area contributed by atoms with Crippen LogP contribution in [0.4, 0.5) is 5.82 Å². The van der Waals surface area contributed by atoms with Crippen molar-refractivity contribution in [3.63, 3.8) is 0 Å². The maximum Gasteiger partial charge on any atom is 0.163 e. The molecule has 6 nitrogen and oxygen atoms in total. The van der Waals surface area contributed by atoms with Crippen molar-refractivity contribution in [2.24, 2.45) is 0 Å². The van der Waals surface area contributed by atoms with E-state index in [1.54, 1.807) is 0 Å². The maximum atomic E-state index is 6.07. The Hall–Kier alpha value is -3.15. The molecule has 28 heavy (non-hydrogen) atoms. The molecule has 0 saturated heterocycles. The van der Waals surface area contributed by atoms with E-state index >= 15 is 0 Å². The third kappa shape index (κ3) is 2.44. The molecule has 1 fully saturated rings. The Morgan fingerprint density at radius 3 is 2.79 bits per heavy atom. The molecule has 5 rings (SSSR count). The van der Waals surface area contributed by atoms with Gasteiger partial charge in [0.15, 0.2) is 5.65 Å². The van der Waals surface area contributed by atoms with E-state index in [1.807, 2.05) is 11.6 Å². The summed E-state index contributed by atoms with van der Waals surface area (Å²) in [5, 5.41) is 5.56. The molecule has 6 heteroatoms. The average molecular weight is 372 g/mol. The molecule has 2 N–H and O–H groups in total. The van der Waals surface area contributed by atoms with Crippen LogP contribution in [0.15, 0.2) is 36.8 Å². The second-order valence-corrected chi connectivity index (χ2v) is 7.78. The summed E-state index contributed by atoms with van der Waals surface area (Å²) in [6.07, 6.45) is 7.46. The first-order valence-corrected chi connectivity index (χ1v) is 9.77. The molecule has 0 radical (unpaired) electrons. The van der Waals surface area contributed by atoms with E-state index < -0.39 is 0 Å². The van der Waals surface area contributed by atoms with Crippen molar-refractivity contribution in [1.29, 1.82) is 0 Å². The number of nitrogens with two attached hydrogens (primary N) is 1. The summed E-state index contributed by atoms with van der Waals surface area (Å²) in [5.41, 5.74) is 13.7. The molecule has 0 atom stereocenters. The topological polar surface area (TPSA) is 72.9 Å². The second kappa shape index (κ2) is 6.19. The van der Waals surface area contributed by atoms with Crippen molar-refractivity contribution in [2.75, 3.05) is 5.73 Å². The van der Waals surface area contributed by atoms with Gasteiger partial charge in [-0.05, 0) is 50.3 Å². The molecule has 2 aromatic heterocycles. The smallest absolute Gasteiger partial charge is 0.163 e. The van der Waals surface area contributed by atoms with Crippen LogP contribution in [-0.2, 0) is 6.54 Å². The minimum Gasteiger partial charge on any atom is -0.383 e. The molecule has 3 aromatic rings. The number of aryl methyl sites for hydroxylation is 2. The van der Waals surface area contributed by atoms with E-state index in [2.05, 4.69) is 52.6 Å². The van der Waals surface area contributed by atoms with Gasteiger partial charge in [0.2, 0.25) is 0 Å². The Labute approximate surface area is 164 Å². The summed E-state index contributed by atoms with van der Waals surface area (Å²) in [6, 6.07) is 6.94. The van der Waals surface area contributed by atoms with Crippen LogP contribution in [0.1, 0.15) is 41.6 Å². The fraction of sp³-hybridized carbons (Fsp3) is 0.318. The predicted octanol–water partition coefficient (Wildman–Crippen LogP) is 3.91. The molecule has 3 heterocycles. The number of hydrogen-bond acceptors (Lipinski definition) is 5. The Balaban J connectivity index is 1.63. The number of hydrogen-bond donors (Lipinski definition) is 1. The van der Waals surface area contributed by atoms with Gasteiger partial charge in [0.05, 0.1) is 17.6 Å². The summed E-state index contributed by atoms with van der Waals surface area (Å²) < 4.78 is 1.94. The highest BCUT2D eigenvalue weighted by atomic mass is 15.3. The van der Waals surface area contributed by atoms with Gasteiger partial charge in [0.25, 0.3) is 0 Å². The molecule has 1 saturated carbocycles. The minimum absolute atomic E-state index is 0.479. The lowest BCUT2D eigenvalue weighted by atomic mass is 9.86. The van der Waals surface area contributed by atoms with Gasteiger partial charge in [-0.2, -0.15) is 5.10 Å². The largest absolute Gasteiger partial charge is 0.383 e. The fourth-order valence-electron chi connectivity index (χ4n) is 4.44. The number of aromatic nitrogens is 4. The lowest BCUT2D eigenvalue weighted by Gasteiger charge is -2.44. The molecule has 1 aromatic carbocycles. The van der Waals surface area contributed by atoms with E-state index in [0.29, 0.717) is 18.4 Å². The van der Waals surface area contributed by atoms with Gasteiger partial charge in [-0.15, -0.1) is 0 Å². The average Bonchev–Trinajstić information content (AvgIpc) is 2.93. The first-order chi connectivity index (χ1) is 13.5. The summed E-state index contributed by atoms with van der Waals surface area (Å²) in [4.78, 5) is 11.0. The number of anilines is 1. The number of nitrogen functional groups attached to an aromatic ring is 1. The number of fused-ring (bicyclic) bond motifs is 2. The quantitative estimate of drug-likeness (QED) is 0.755. The van der Waals surface area contributed by atoms with Crippen LogP contribution in [0, 0.1) is 13.8 Å². The van der Waals surface area contributed by atoms with Crippen LogP contribution < -0.4 is 5.73 Å².